The van der Waals surface area contributed by atoms with Crippen molar-refractivity contribution in [3.63, 3.8) is 0 Å². The van der Waals surface area contributed by atoms with Gasteiger partial charge in [-0.3, -0.25) is 4.39 Å². The molecule has 0 bridgehead atoms. The molecule has 0 aliphatic heterocycles. The van der Waals surface area contributed by atoms with Gasteiger partial charge in [-0.25, -0.2) is 4.39 Å². The third-order valence-electron chi connectivity index (χ3n) is 1.60. The van der Waals surface area contributed by atoms with E-state index in [1.54, 1.807) is 6.07 Å². The number of halogens is 3. The molecule has 1 unspecified atom stereocenters. The number of benzene rings is 1. The van der Waals surface area contributed by atoms with Crippen LogP contribution in [0.15, 0.2) is 18.2 Å². The lowest BCUT2D eigenvalue weighted by Gasteiger charge is -2.06. The zero-order chi connectivity index (χ0) is 9.14. The van der Waals surface area contributed by atoms with Crippen LogP contribution < -0.4 is 0 Å². The van der Waals surface area contributed by atoms with Gasteiger partial charge < -0.3 is 0 Å². The smallest absolute Gasteiger partial charge is 0.142 e. The summed E-state index contributed by atoms with van der Waals surface area (Å²) in [6, 6.07) is 4.18. The fraction of sp³-hybridized carbons (Fsp3) is 0.222. The minimum atomic E-state index is -0.596. The van der Waals surface area contributed by atoms with Crippen LogP contribution in [0.3, 0.4) is 0 Å². The molecule has 3 heteroatoms. The highest BCUT2D eigenvalue weighted by Gasteiger charge is 2.07. The van der Waals surface area contributed by atoms with Crippen molar-refractivity contribution in [1.82, 2.24) is 0 Å². The van der Waals surface area contributed by atoms with Crippen molar-refractivity contribution in [3.8, 4) is 0 Å². The highest BCUT2D eigenvalue weighted by atomic mass is 35.5. The third kappa shape index (κ3) is 1.95. The summed E-state index contributed by atoms with van der Waals surface area (Å²) in [6.45, 7) is 2.92. The van der Waals surface area contributed by atoms with Crippen LogP contribution in [-0.4, -0.2) is 6.67 Å². The van der Waals surface area contributed by atoms with Crippen LogP contribution in [0.2, 0.25) is 5.02 Å². The Morgan fingerprint density at radius 1 is 1.50 bits per heavy atom. The van der Waals surface area contributed by atoms with Gasteiger partial charge in [0.1, 0.15) is 5.82 Å². The lowest BCUT2D eigenvalue weighted by molar-refractivity contribution is 0.464. The van der Waals surface area contributed by atoms with Gasteiger partial charge in [0.05, 0.1) is 11.7 Å². The lowest BCUT2D eigenvalue weighted by Crippen LogP contribution is -1.96. The molecule has 1 aromatic rings. The molecule has 65 valence electrons. The van der Waals surface area contributed by atoms with Crippen molar-refractivity contribution in [2.45, 2.75) is 5.92 Å². The normalized spacial score (nSPS) is 13.0. The quantitative estimate of drug-likeness (QED) is 0.669. The standard InChI is InChI=1S/C9H8ClF2/c1-6(5-11)7-2-3-8(10)9(12)4-7/h2-4,6H,1,5H2. The highest BCUT2D eigenvalue weighted by Crippen LogP contribution is 2.21. The fourth-order valence-electron chi connectivity index (χ4n) is 0.855. The van der Waals surface area contributed by atoms with E-state index in [4.69, 9.17) is 11.6 Å². The maximum Gasteiger partial charge on any atom is 0.142 e. The molecule has 1 rings (SSSR count). The van der Waals surface area contributed by atoms with E-state index in [9.17, 15) is 8.78 Å². The predicted octanol–water partition coefficient (Wildman–Crippen LogP) is 3.37. The summed E-state index contributed by atoms with van der Waals surface area (Å²) < 4.78 is 24.9. The van der Waals surface area contributed by atoms with E-state index >= 15 is 0 Å². The second-order valence-corrected chi connectivity index (χ2v) is 2.93. The van der Waals surface area contributed by atoms with Crippen molar-refractivity contribution in [2.75, 3.05) is 6.67 Å². The summed E-state index contributed by atoms with van der Waals surface area (Å²) >= 11 is 5.44. The largest absolute Gasteiger partial charge is 0.250 e. The molecule has 0 nitrogen and oxygen atoms in total. The topological polar surface area (TPSA) is 0 Å². The van der Waals surface area contributed by atoms with E-state index < -0.39 is 18.4 Å². The van der Waals surface area contributed by atoms with E-state index in [2.05, 4.69) is 6.92 Å². The van der Waals surface area contributed by atoms with Crippen molar-refractivity contribution in [1.29, 1.82) is 0 Å². The SMILES string of the molecule is [CH2]C(CF)c1ccc(Cl)c(F)c1. The highest BCUT2D eigenvalue weighted by molar-refractivity contribution is 6.30. The van der Waals surface area contributed by atoms with Gasteiger partial charge in [-0.2, -0.15) is 0 Å². The second-order valence-electron chi connectivity index (χ2n) is 2.52. The van der Waals surface area contributed by atoms with Gasteiger partial charge in [0.15, 0.2) is 0 Å². The Kier molecular flexibility index (Phi) is 3.04. The van der Waals surface area contributed by atoms with E-state index in [-0.39, 0.29) is 5.02 Å². The van der Waals surface area contributed by atoms with Crippen LogP contribution in [0.1, 0.15) is 11.5 Å². The van der Waals surface area contributed by atoms with E-state index in [0.717, 1.165) is 0 Å². The first-order chi connectivity index (χ1) is 5.65. The van der Waals surface area contributed by atoms with Gasteiger partial charge in [-0.1, -0.05) is 17.7 Å². The molecule has 1 radical (unpaired) electrons. The summed E-state index contributed by atoms with van der Waals surface area (Å²) in [5.74, 6) is -1.05. The average molecular weight is 190 g/mol. The maximum absolute atomic E-state index is 12.8. The maximum atomic E-state index is 12.8. The summed E-state index contributed by atoms with van der Waals surface area (Å²) in [5.41, 5.74) is 0.527. The van der Waals surface area contributed by atoms with Crippen LogP contribution in [0.4, 0.5) is 8.78 Å². The molecule has 0 fully saturated rings. The Morgan fingerprint density at radius 3 is 2.67 bits per heavy atom. The molecule has 0 aromatic heterocycles. The third-order valence-corrected chi connectivity index (χ3v) is 1.91. The lowest BCUT2D eigenvalue weighted by atomic mass is 10.0. The molecule has 12 heavy (non-hydrogen) atoms. The van der Waals surface area contributed by atoms with Gasteiger partial charge in [0.25, 0.3) is 0 Å². The van der Waals surface area contributed by atoms with Gasteiger partial charge in [0.2, 0.25) is 0 Å². The molecular formula is C9H8ClF2. The monoisotopic (exact) mass is 189 g/mol. The number of alkyl halides is 1. The minimum absolute atomic E-state index is 0.0461. The Balaban J connectivity index is 2.96. The number of hydrogen-bond donors (Lipinski definition) is 0. The Labute approximate surface area is 75.2 Å². The summed E-state index contributed by atoms with van der Waals surface area (Å²) in [4.78, 5) is 0. The molecule has 1 aromatic carbocycles. The van der Waals surface area contributed by atoms with Crippen molar-refractivity contribution in [3.05, 3.63) is 41.5 Å². The molecule has 0 aliphatic carbocycles. The molecule has 0 saturated heterocycles. The summed E-state index contributed by atoms with van der Waals surface area (Å²) in [6.07, 6.45) is 0. The molecule has 0 amide bonds. The first kappa shape index (κ1) is 9.46. The molecule has 0 N–H and O–H groups in total. The van der Waals surface area contributed by atoms with Crippen molar-refractivity contribution in [2.24, 2.45) is 0 Å². The second kappa shape index (κ2) is 3.85. The number of hydrogen-bond acceptors (Lipinski definition) is 0. The zero-order valence-electron chi connectivity index (χ0n) is 6.36. The number of rotatable bonds is 2. The molecule has 0 saturated carbocycles. The van der Waals surface area contributed by atoms with Crippen molar-refractivity contribution < 1.29 is 8.78 Å². The molecular weight excluding hydrogens is 182 g/mol. The predicted molar refractivity (Wildman–Crippen MR) is 45.5 cm³/mol. The summed E-state index contributed by atoms with van der Waals surface area (Å²) in [7, 11) is 0. The molecule has 0 spiro atoms. The van der Waals surface area contributed by atoms with E-state index in [1.807, 2.05) is 0 Å². The Bertz CT molecular complexity index is 273. The zero-order valence-corrected chi connectivity index (χ0v) is 7.11. The van der Waals surface area contributed by atoms with Crippen LogP contribution in [-0.2, 0) is 0 Å². The molecule has 1 atom stereocenters. The minimum Gasteiger partial charge on any atom is -0.250 e. The van der Waals surface area contributed by atoms with Crippen LogP contribution in [0.25, 0.3) is 0 Å². The van der Waals surface area contributed by atoms with Gasteiger partial charge in [-0.15, -0.1) is 0 Å². The molecule has 0 heterocycles. The van der Waals surface area contributed by atoms with Crippen molar-refractivity contribution >= 4 is 11.6 Å². The average Bonchev–Trinajstić information content (AvgIpc) is 2.08. The fourth-order valence-corrected chi connectivity index (χ4v) is 0.973. The van der Waals surface area contributed by atoms with Gasteiger partial charge in [-0.05, 0) is 24.6 Å². The first-order valence-corrected chi connectivity index (χ1v) is 3.87. The van der Waals surface area contributed by atoms with Crippen LogP contribution in [0, 0.1) is 12.7 Å². The Morgan fingerprint density at radius 2 is 2.17 bits per heavy atom. The first-order valence-electron chi connectivity index (χ1n) is 3.49. The van der Waals surface area contributed by atoms with E-state index in [0.29, 0.717) is 5.56 Å². The van der Waals surface area contributed by atoms with Gasteiger partial charge in [0, 0.05) is 5.92 Å². The van der Waals surface area contributed by atoms with Gasteiger partial charge >= 0.3 is 0 Å². The Hall–Kier alpha value is -0.630. The van der Waals surface area contributed by atoms with Crippen LogP contribution in [0.5, 0.6) is 0 Å². The summed E-state index contributed by atoms with van der Waals surface area (Å²) in [5, 5.41) is 0.0461. The molecule has 0 aliphatic rings. The van der Waals surface area contributed by atoms with E-state index in [1.165, 1.54) is 12.1 Å². The van der Waals surface area contributed by atoms with Crippen LogP contribution >= 0.6 is 11.6 Å².